The molecule has 0 radical (unpaired) electrons. The van der Waals surface area contributed by atoms with Crippen LogP contribution < -0.4 is 5.73 Å². The number of hydrogen-bond acceptors (Lipinski definition) is 2. The van der Waals surface area contributed by atoms with Gasteiger partial charge in [-0.1, -0.05) is 39.5 Å². The van der Waals surface area contributed by atoms with E-state index in [1.165, 1.54) is 0 Å². The summed E-state index contributed by atoms with van der Waals surface area (Å²) >= 11 is 0. The van der Waals surface area contributed by atoms with E-state index < -0.39 is 0 Å². The predicted octanol–water partition coefficient (Wildman–Crippen LogP) is 3.32. The monoisotopic (exact) mass is 256 g/mol. The third-order valence-corrected chi connectivity index (χ3v) is 3.26. The van der Waals surface area contributed by atoms with Gasteiger partial charge in [0.25, 0.3) is 0 Å². The summed E-state index contributed by atoms with van der Waals surface area (Å²) in [5.41, 5.74) is 5.45. The quantitative estimate of drug-likeness (QED) is 0.544. The highest BCUT2D eigenvalue weighted by Gasteiger charge is 2.11. The summed E-state index contributed by atoms with van der Waals surface area (Å²) in [6, 6.07) is 0. The van der Waals surface area contributed by atoms with Gasteiger partial charge in [0.1, 0.15) is 0 Å². The fraction of sp³-hybridized carbons (Fsp3) is 0.933. The van der Waals surface area contributed by atoms with E-state index in [9.17, 15) is 4.79 Å². The molecule has 3 heteroatoms. The predicted molar refractivity (Wildman–Crippen MR) is 78.5 cm³/mol. The highest BCUT2D eigenvalue weighted by molar-refractivity contribution is 5.76. The fourth-order valence-corrected chi connectivity index (χ4v) is 1.99. The molecule has 0 aliphatic rings. The molecule has 0 unspecified atom stereocenters. The first kappa shape index (κ1) is 17.4. The second kappa shape index (κ2) is 12.9. The van der Waals surface area contributed by atoms with E-state index in [1.807, 2.05) is 0 Å². The van der Waals surface area contributed by atoms with Crippen molar-refractivity contribution >= 4 is 5.91 Å². The first-order valence-corrected chi connectivity index (χ1v) is 7.74. The van der Waals surface area contributed by atoms with Gasteiger partial charge in [-0.2, -0.15) is 0 Å². The molecule has 3 nitrogen and oxygen atoms in total. The van der Waals surface area contributed by atoms with Crippen LogP contribution >= 0.6 is 0 Å². The lowest BCUT2D eigenvalue weighted by atomic mass is 10.1. The van der Waals surface area contributed by atoms with Crippen LogP contribution in [0.3, 0.4) is 0 Å². The smallest absolute Gasteiger partial charge is 0.222 e. The van der Waals surface area contributed by atoms with Crippen molar-refractivity contribution in [3.05, 3.63) is 0 Å². The van der Waals surface area contributed by atoms with Crippen LogP contribution in [0.4, 0.5) is 0 Å². The molecular weight excluding hydrogens is 224 g/mol. The number of nitrogens with zero attached hydrogens (tertiary/aromatic N) is 1. The van der Waals surface area contributed by atoms with Crippen molar-refractivity contribution in [2.75, 3.05) is 19.6 Å². The lowest BCUT2D eigenvalue weighted by molar-refractivity contribution is -0.131. The Morgan fingerprint density at radius 1 is 0.889 bits per heavy atom. The average molecular weight is 256 g/mol. The van der Waals surface area contributed by atoms with Gasteiger partial charge in [-0.15, -0.1) is 0 Å². The van der Waals surface area contributed by atoms with Crippen molar-refractivity contribution < 1.29 is 4.79 Å². The lowest BCUT2D eigenvalue weighted by Crippen LogP contribution is -2.32. The number of unbranched alkanes of at least 4 members (excludes halogenated alkanes) is 5. The molecule has 0 heterocycles. The van der Waals surface area contributed by atoms with Crippen LogP contribution in [0.1, 0.15) is 71.6 Å². The summed E-state index contributed by atoms with van der Waals surface area (Å²) in [6.45, 7) is 7.01. The van der Waals surface area contributed by atoms with E-state index in [0.29, 0.717) is 5.91 Å². The molecule has 0 aromatic carbocycles. The van der Waals surface area contributed by atoms with Crippen molar-refractivity contribution in [2.45, 2.75) is 71.6 Å². The minimum absolute atomic E-state index is 0.352. The molecule has 0 atom stereocenters. The Bertz CT molecular complexity index is 187. The molecular formula is C15H32N2O. The van der Waals surface area contributed by atoms with Crippen LogP contribution in [-0.2, 0) is 4.79 Å². The summed E-state index contributed by atoms with van der Waals surface area (Å²) in [7, 11) is 0. The van der Waals surface area contributed by atoms with Gasteiger partial charge in [0.15, 0.2) is 0 Å². The zero-order valence-electron chi connectivity index (χ0n) is 12.4. The Hall–Kier alpha value is -0.570. The summed E-state index contributed by atoms with van der Waals surface area (Å²) in [5, 5.41) is 0. The third kappa shape index (κ3) is 9.46. The van der Waals surface area contributed by atoms with Crippen LogP contribution in [0.5, 0.6) is 0 Å². The second-order valence-corrected chi connectivity index (χ2v) is 5.04. The Morgan fingerprint density at radius 3 is 1.94 bits per heavy atom. The highest BCUT2D eigenvalue weighted by atomic mass is 16.2. The number of rotatable bonds is 12. The van der Waals surface area contributed by atoms with Crippen molar-refractivity contribution in [3.8, 4) is 0 Å². The Labute approximate surface area is 113 Å². The molecule has 2 N–H and O–H groups in total. The van der Waals surface area contributed by atoms with Crippen LogP contribution in [0.25, 0.3) is 0 Å². The maximum Gasteiger partial charge on any atom is 0.222 e. The van der Waals surface area contributed by atoms with Crippen molar-refractivity contribution in [3.63, 3.8) is 0 Å². The molecule has 0 saturated heterocycles. The van der Waals surface area contributed by atoms with E-state index in [2.05, 4.69) is 18.7 Å². The molecule has 0 fully saturated rings. The molecule has 0 aromatic rings. The first-order valence-electron chi connectivity index (χ1n) is 7.74. The van der Waals surface area contributed by atoms with Crippen LogP contribution in [0, 0.1) is 0 Å². The SMILES string of the molecule is CCCCN(CCCC)C(=O)CCCCCCN. The van der Waals surface area contributed by atoms with E-state index in [1.54, 1.807) is 0 Å². The van der Waals surface area contributed by atoms with Gasteiger partial charge in [0, 0.05) is 19.5 Å². The van der Waals surface area contributed by atoms with E-state index >= 15 is 0 Å². The van der Waals surface area contributed by atoms with Crippen molar-refractivity contribution in [1.82, 2.24) is 4.90 Å². The lowest BCUT2D eigenvalue weighted by Gasteiger charge is -2.22. The number of amides is 1. The maximum atomic E-state index is 12.1. The molecule has 0 aliphatic heterocycles. The molecule has 1 amide bonds. The molecule has 18 heavy (non-hydrogen) atoms. The Morgan fingerprint density at radius 2 is 1.44 bits per heavy atom. The summed E-state index contributed by atoms with van der Waals surface area (Å²) in [6.07, 6.45) is 9.70. The van der Waals surface area contributed by atoms with Crippen LogP contribution in [0.15, 0.2) is 0 Å². The molecule has 0 saturated carbocycles. The summed E-state index contributed by atoms with van der Waals surface area (Å²) in [5.74, 6) is 0.352. The second-order valence-electron chi connectivity index (χ2n) is 5.04. The number of hydrogen-bond donors (Lipinski definition) is 1. The molecule has 0 rings (SSSR count). The molecule has 0 spiro atoms. The van der Waals surface area contributed by atoms with Gasteiger partial charge in [0.2, 0.25) is 5.91 Å². The topological polar surface area (TPSA) is 46.3 Å². The molecule has 0 aromatic heterocycles. The maximum absolute atomic E-state index is 12.1. The molecule has 108 valence electrons. The largest absolute Gasteiger partial charge is 0.343 e. The zero-order chi connectivity index (χ0) is 13.6. The van der Waals surface area contributed by atoms with E-state index in [-0.39, 0.29) is 0 Å². The van der Waals surface area contributed by atoms with E-state index in [0.717, 1.165) is 77.4 Å². The van der Waals surface area contributed by atoms with Gasteiger partial charge in [-0.3, -0.25) is 4.79 Å². The van der Waals surface area contributed by atoms with Gasteiger partial charge in [-0.05, 0) is 32.2 Å². The van der Waals surface area contributed by atoms with Crippen molar-refractivity contribution in [1.29, 1.82) is 0 Å². The number of nitrogens with two attached hydrogens (primary N) is 1. The average Bonchev–Trinajstić information content (AvgIpc) is 2.38. The Balaban J connectivity index is 3.80. The minimum Gasteiger partial charge on any atom is -0.343 e. The number of carbonyl (C=O) groups is 1. The Kier molecular flexibility index (Phi) is 12.5. The molecule has 0 aliphatic carbocycles. The van der Waals surface area contributed by atoms with Crippen LogP contribution in [-0.4, -0.2) is 30.4 Å². The van der Waals surface area contributed by atoms with E-state index in [4.69, 9.17) is 5.73 Å². The standard InChI is InChI=1S/C15H32N2O/c1-3-5-13-17(14-6-4-2)15(18)11-9-7-8-10-12-16/h3-14,16H2,1-2H3. The normalized spacial score (nSPS) is 10.6. The van der Waals surface area contributed by atoms with Crippen LogP contribution in [0.2, 0.25) is 0 Å². The molecule has 0 bridgehead atoms. The fourth-order valence-electron chi connectivity index (χ4n) is 1.99. The van der Waals surface area contributed by atoms with Crippen molar-refractivity contribution in [2.24, 2.45) is 5.73 Å². The highest BCUT2D eigenvalue weighted by Crippen LogP contribution is 2.07. The summed E-state index contributed by atoms with van der Waals surface area (Å²) in [4.78, 5) is 14.2. The summed E-state index contributed by atoms with van der Waals surface area (Å²) < 4.78 is 0. The van der Waals surface area contributed by atoms with Gasteiger partial charge in [-0.25, -0.2) is 0 Å². The minimum atomic E-state index is 0.352. The van der Waals surface area contributed by atoms with Gasteiger partial charge < -0.3 is 10.6 Å². The third-order valence-electron chi connectivity index (χ3n) is 3.26. The number of carbonyl (C=O) groups excluding carboxylic acids is 1. The first-order chi connectivity index (χ1) is 8.76. The van der Waals surface area contributed by atoms with Gasteiger partial charge in [0.05, 0.1) is 0 Å². The zero-order valence-corrected chi connectivity index (χ0v) is 12.4. The van der Waals surface area contributed by atoms with Gasteiger partial charge >= 0.3 is 0 Å².